The molecule has 3 heterocycles. The molecule has 0 saturated carbocycles. The summed E-state index contributed by atoms with van der Waals surface area (Å²) in [5.41, 5.74) is 2.98. The van der Waals surface area contributed by atoms with Crippen LogP contribution in [-0.2, 0) is 11.3 Å². The van der Waals surface area contributed by atoms with E-state index in [2.05, 4.69) is 21.2 Å². The van der Waals surface area contributed by atoms with Gasteiger partial charge in [-0.1, -0.05) is 47.3 Å². The molecule has 0 spiro atoms. The second kappa shape index (κ2) is 8.20. The number of thioether (sulfide) groups is 1. The highest BCUT2D eigenvalue weighted by molar-refractivity contribution is 8.01. The molecular weight excluding hydrogens is 416 g/mol. The Bertz CT molecular complexity index is 1170. The Morgan fingerprint density at radius 3 is 2.93 bits per heavy atom. The highest BCUT2D eigenvalue weighted by atomic mass is 32.2. The van der Waals surface area contributed by atoms with Crippen molar-refractivity contribution in [1.29, 1.82) is 0 Å². The topological polar surface area (TPSA) is 72.1 Å². The quantitative estimate of drug-likeness (QED) is 0.381. The zero-order valence-electron chi connectivity index (χ0n) is 16.4. The Kier molecular flexibility index (Phi) is 5.26. The molecule has 5 rings (SSSR count). The summed E-state index contributed by atoms with van der Waals surface area (Å²) in [6.45, 7) is 3.50. The molecule has 0 N–H and O–H groups in total. The van der Waals surface area contributed by atoms with E-state index in [4.69, 9.17) is 4.52 Å². The van der Waals surface area contributed by atoms with Gasteiger partial charge in [0.25, 0.3) is 0 Å². The van der Waals surface area contributed by atoms with Crippen molar-refractivity contribution >= 4 is 39.2 Å². The van der Waals surface area contributed by atoms with E-state index in [1.54, 1.807) is 23.1 Å². The molecule has 30 heavy (non-hydrogen) atoms. The number of rotatable bonds is 6. The molecule has 0 radical (unpaired) electrons. The molecule has 1 unspecified atom stereocenters. The average molecular weight is 437 g/mol. The van der Waals surface area contributed by atoms with Crippen LogP contribution in [0, 0.1) is 0 Å². The Hall–Kier alpha value is -2.71. The number of carbonyl (C=O) groups is 1. The maximum atomic E-state index is 11.9. The maximum Gasteiger partial charge on any atom is 0.240 e. The molecule has 1 aliphatic rings. The van der Waals surface area contributed by atoms with Gasteiger partial charge in [-0.3, -0.25) is 4.79 Å². The van der Waals surface area contributed by atoms with Gasteiger partial charge in [-0.15, -0.1) is 11.3 Å². The lowest BCUT2D eigenvalue weighted by molar-refractivity contribution is -0.128. The van der Waals surface area contributed by atoms with Crippen molar-refractivity contribution in [3.05, 3.63) is 60.0 Å². The first-order chi connectivity index (χ1) is 14.7. The Balaban J connectivity index is 1.31. The molecule has 1 aliphatic heterocycles. The highest BCUT2D eigenvalue weighted by Gasteiger charge is 2.21. The second-order valence-corrected chi connectivity index (χ2v) is 9.90. The van der Waals surface area contributed by atoms with Crippen LogP contribution < -0.4 is 0 Å². The normalized spacial score (nSPS) is 15.2. The number of likely N-dealkylation sites (tertiary alicyclic amines) is 1. The summed E-state index contributed by atoms with van der Waals surface area (Å²) in [4.78, 5) is 23.1. The van der Waals surface area contributed by atoms with Gasteiger partial charge in [0.1, 0.15) is 0 Å². The number of aromatic nitrogens is 3. The summed E-state index contributed by atoms with van der Waals surface area (Å²) >= 11 is 3.29. The van der Waals surface area contributed by atoms with Gasteiger partial charge in [-0.25, -0.2) is 4.98 Å². The SMILES string of the molecule is CC(Sc1nc2ccccc2s1)c1nc(-c2cccc(CN3CCCC3=O)c2)no1. The second-order valence-electron chi connectivity index (χ2n) is 7.28. The molecule has 0 bridgehead atoms. The Morgan fingerprint density at radius 2 is 2.10 bits per heavy atom. The number of hydrogen-bond donors (Lipinski definition) is 0. The fourth-order valence-corrected chi connectivity index (χ4v) is 5.76. The fraction of sp³-hybridized carbons (Fsp3) is 0.273. The van der Waals surface area contributed by atoms with Gasteiger partial charge in [-0.05, 0) is 37.1 Å². The average Bonchev–Trinajstić information content (AvgIpc) is 3.48. The van der Waals surface area contributed by atoms with Crippen LogP contribution in [0.1, 0.15) is 36.5 Å². The number of nitrogens with zero attached hydrogens (tertiary/aromatic N) is 4. The molecule has 1 saturated heterocycles. The highest BCUT2D eigenvalue weighted by Crippen LogP contribution is 2.38. The zero-order chi connectivity index (χ0) is 20.5. The van der Waals surface area contributed by atoms with E-state index in [0.29, 0.717) is 24.7 Å². The molecule has 2 aromatic heterocycles. The first-order valence-corrected chi connectivity index (χ1v) is 11.6. The molecule has 2 aromatic carbocycles. The predicted molar refractivity (Wildman–Crippen MR) is 118 cm³/mol. The molecule has 8 heteroatoms. The van der Waals surface area contributed by atoms with E-state index in [9.17, 15) is 4.79 Å². The van der Waals surface area contributed by atoms with Crippen molar-refractivity contribution in [2.75, 3.05) is 6.54 Å². The van der Waals surface area contributed by atoms with Crippen LogP contribution in [0.25, 0.3) is 21.6 Å². The van der Waals surface area contributed by atoms with Gasteiger partial charge in [-0.2, -0.15) is 4.98 Å². The molecule has 1 atom stereocenters. The minimum atomic E-state index is -0.00258. The molecule has 4 aromatic rings. The van der Waals surface area contributed by atoms with E-state index in [0.717, 1.165) is 33.9 Å². The van der Waals surface area contributed by atoms with Crippen LogP contribution in [0.15, 0.2) is 57.4 Å². The van der Waals surface area contributed by atoms with Crippen molar-refractivity contribution in [1.82, 2.24) is 20.0 Å². The number of thiazole rings is 1. The monoisotopic (exact) mass is 436 g/mol. The molecule has 1 amide bonds. The van der Waals surface area contributed by atoms with E-state index in [1.807, 2.05) is 54.3 Å². The number of hydrogen-bond acceptors (Lipinski definition) is 7. The fourth-order valence-electron chi connectivity index (χ4n) is 3.52. The van der Waals surface area contributed by atoms with E-state index in [-0.39, 0.29) is 11.2 Å². The lowest BCUT2D eigenvalue weighted by Gasteiger charge is -2.15. The van der Waals surface area contributed by atoms with Crippen molar-refractivity contribution in [3.63, 3.8) is 0 Å². The number of amides is 1. The largest absolute Gasteiger partial charge is 0.338 e. The van der Waals surface area contributed by atoms with Crippen LogP contribution in [0.4, 0.5) is 0 Å². The zero-order valence-corrected chi connectivity index (χ0v) is 18.1. The molecule has 6 nitrogen and oxygen atoms in total. The summed E-state index contributed by atoms with van der Waals surface area (Å²) in [7, 11) is 0. The van der Waals surface area contributed by atoms with Crippen molar-refractivity contribution in [2.24, 2.45) is 0 Å². The summed E-state index contributed by atoms with van der Waals surface area (Å²) in [6.07, 6.45) is 1.59. The predicted octanol–water partition coefficient (Wildman–Crippen LogP) is 5.32. The minimum absolute atomic E-state index is 0.00258. The number of para-hydroxylation sites is 1. The molecule has 152 valence electrons. The van der Waals surface area contributed by atoms with E-state index >= 15 is 0 Å². The Labute approximate surface area is 182 Å². The van der Waals surface area contributed by atoms with Crippen molar-refractivity contribution in [2.45, 2.75) is 35.9 Å². The number of carbonyl (C=O) groups excluding carboxylic acids is 1. The molecule has 1 fully saturated rings. The first kappa shape index (κ1) is 19.3. The third-order valence-electron chi connectivity index (χ3n) is 5.07. The third-order valence-corrected chi connectivity index (χ3v) is 7.29. The van der Waals surface area contributed by atoms with Crippen LogP contribution in [0.2, 0.25) is 0 Å². The summed E-state index contributed by atoms with van der Waals surface area (Å²) in [5, 5.41) is 4.18. The molecule has 0 aliphatic carbocycles. The van der Waals surface area contributed by atoms with Gasteiger partial charge in [0.2, 0.25) is 17.6 Å². The summed E-state index contributed by atoms with van der Waals surface area (Å²) in [5.74, 6) is 1.37. The first-order valence-electron chi connectivity index (χ1n) is 9.88. The van der Waals surface area contributed by atoms with Crippen LogP contribution in [-0.4, -0.2) is 32.5 Å². The molecular formula is C22H20N4O2S2. The van der Waals surface area contributed by atoms with E-state index < -0.39 is 0 Å². The maximum absolute atomic E-state index is 11.9. The summed E-state index contributed by atoms with van der Waals surface area (Å²) < 4.78 is 7.71. The van der Waals surface area contributed by atoms with Gasteiger partial charge >= 0.3 is 0 Å². The van der Waals surface area contributed by atoms with Gasteiger partial charge in [0, 0.05) is 25.1 Å². The van der Waals surface area contributed by atoms with Crippen LogP contribution >= 0.6 is 23.1 Å². The van der Waals surface area contributed by atoms with Crippen molar-refractivity contribution in [3.8, 4) is 11.4 Å². The smallest absolute Gasteiger partial charge is 0.240 e. The number of benzene rings is 2. The van der Waals surface area contributed by atoms with E-state index in [1.165, 1.54) is 4.70 Å². The minimum Gasteiger partial charge on any atom is -0.338 e. The number of fused-ring (bicyclic) bond motifs is 1. The third kappa shape index (κ3) is 3.97. The van der Waals surface area contributed by atoms with Crippen LogP contribution in [0.3, 0.4) is 0 Å². The standard InChI is InChI=1S/C22H20N4O2S2/c1-14(29-22-23-17-8-2-3-9-18(17)30-22)21-24-20(25-28-21)16-7-4-6-15(12-16)13-26-11-5-10-19(26)27/h2-4,6-9,12,14H,5,10-11,13H2,1H3. The van der Waals surface area contributed by atoms with Gasteiger partial charge in [0.05, 0.1) is 15.5 Å². The lowest BCUT2D eigenvalue weighted by Crippen LogP contribution is -2.23. The lowest BCUT2D eigenvalue weighted by atomic mass is 10.1. The van der Waals surface area contributed by atoms with Gasteiger partial charge in [0.15, 0.2) is 4.34 Å². The summed E-state index contributed by atoms with van der Waals surface area (Å²) in [6, 6.07) is 16.1. The van der Waals surface area contributed by atoms with Crippen molar-refractivity contribution < 1.29 is 9.32 Å². The van der Waals surface area contributed by atoms with Gasteiger partial charge < -0.3 is 9.42 Å². The Morgan fingerprint density at radius 1 is 1.20 bits per heavy atom. The van der Waals surface area contributed by atoms with Crippen LogP contribution in [0.5, 0.6) is 0 Å².